The summed E-state index contributed by atoms with van der Waals surface area (Å²) < 4.78 is 6.73. The summed E-state index contributed by atoms with van der Waals surface area (Å²) >= 11 is 0. The molecule has 0 amide bonds. The number of aromatic nitrogens is 3. The van der Waals surface area contributed by atoms with E-state index in [1.807, 2.05) is 0 Å². The molecule has 2 aromatic rings. The second-order valence-corrected chi connectivity index (χ2v) is 5.44. The molecular formula is C13H17N3O5. The van der Waals surface area contributed by atoms with Crippen LogP contribution in [-0.4, -0.2) is 59.4 Å². The van der Waals surface area contributed by atoms with Crippen molar-refractivity contribution in [1.29, 1.82) is 0 Å². The zero-order valence-corrected chi connectivity index (χ0v) is 11.6. The summed E-state index contributed by atoms with van der Waals surface area (Å²) in [5, 5.41) is 44.6. The van der Waals surface area contributed by atoms with Gasteiger partial charge in [-0.1, -0.05) is 0 Å². The SMILES string of the molecule is Cc1ncnn2c(C3(O)O[C@H](CO)[C@@H](O)[C@@]3(C)O)ccc12. The number of nitrogens with zero attached hydrogens (tertiary/aromatic N) is 3. The van der Waals surface area contributed by atoms with Crippen molar-refractivity contribution < 1.29 is 25.2 Å². The Labute approximate surface area is 120 Å². The number of ether oxygens (including phenoxy) is 1. The van der Waals surface area contributed by atoms with Crippen LogP contribution in [0.1, 0.15) is 18.3 Å². The van der Waals surface area contributed by atoms with Crippen LogP contribution in [0.4, 0.5) is 0 Å². The lowest BCUT2D eigenvalue weighted by Gasteiger charge is -2.33. The van der Waals surface area contributed by atoms with Crippen molar-refractivity contribution in [1.82, 2.24) is 14.6 Å². The number of rotatable bonds is 2. The minimum atomic E-state index is -2.20. The van der Waals surface area contributed by atoms with Gasteiger partial charge in [-0.15, -0.1) is 0 Å². The van der Waals surface area contributed by atoms with E-state index in [1.165, 1.54) is 23.8 Å². The normalized spacial score (nSPS) is 36.5. The first-order valence-electron chi connectivity index (χ1n) is 6.54. The number of hydrogen-bond acceptors (Lipinski definition) is 7. The first kappa shape index (κ1) is 14.4. The molecule has 1 aliphatic rings. The third kappa shape index (κ3) is 1.74. The van der Waals surface area contributed by atoms with Crippen LogP contribution in [0.15, 0.2) is 18.5 Å². The van der Waals surface area contributed by atoms with Crippen LogP contribution in [-0.2, 0) is 10.5 Å². The Kier molecular flexibility index (Phi) is 3.05. The molecule has 21 heavy (non-hydrogen) atoms. The van der Waals surface area contributed by atoms with E-state index in [2.05, 4.69) is 10.1 Å². The topological polar surface area (TPSA) is 120 Å². The summed E-state index contributed by atoms with van der Waals surface area (Å²) in [6.45, 7) is 2.50. The van der Waals surface area contributed by atoms with Gasteiger partial charge in [-0.2, -0.15) is 5.10 Å². The third-order valence-electron chi connectivity index (χ3n) is 4.11. The summed E-state index contributed by atoms with van der Waals surface area (Å²) in [4.78, 5) is 4.05. The molecular weight excluding hydrogens is 278 g/mol. The van der Waals surface area contributed by atoms with E-state index in [1.54, 1.807) is 13.0 Å². The van der Waals surface area contributed by atoms with Gasteiger partial charge in [0.2, 0.25) is 5.79 Å². The summed E-state index contributed by atoms with van der Waals surface area (Å²) in [6, 6.07) is 3.22. The van der Waals surface area contributed by atoms with Crippen LogP contribution >= 0.6 is 0 Å². The second-order valence-electron chi connectivity index (χ2n) is 5.44. The number of fused-ring (bicyclic) bond motifs is 1. The van der Waals surface area contributed by atoms with Crippen molar-refractivity contribution in [3.05, 3.63) is 29.8 Å². The smallest absolute Gasteiger partial charge is 0.242 e. The van der Waals surface area contributed by atoms with Gasteiger partial charge in [0.1, 0.15) is 29.8 Å². The number of aliphatic hydroxyl groups is 4. The Morgan fingerprint density at radius 1 is 1.38 bits per heavy atom. The fraction of sp³-hybridized carbons (Fsp3) is 0.538. The van der Waals surface area contributed by atoms with Gasteiger partial charge in [0.25, 0.3) is 0 Å². The van der Waals surface area contributed by atoms with Crippen LogP contribution in [0, 0.1) is 6.92 Å². The van der Waals surface area contributed by atoms with E-state index in [9.17, 15) is 20.4 Å². The Hall–Kier alpha value is -1.58. The van der Waals surface area contributed by atoms with Gasteiger partial charge in [-0.05, 0) is 26.0 Å². The average molecular weight is 295 g/mol. The molecule has 1 unspecified atom stereocenters. The van der Waals surface area contributed by atoms with Gasteiger partial charge < -0.3 is 25.2 Å². The first-order valence-corrected chi connectivity index (χ1v) is 6.54. The number of hydrogen-bond donors (Lipinski definition) is 4. The second kappa shape index (κ2) is 4.46. The molecule has 0 radical (unpaired) electrons. The van der Waals surface area contributed by atoms with Gasteiger partial charge in [-0.25, -0.2) is 9.50 Å². The lowest BCUT2D eigenvalue weighted by atomic mass is 9.88. The largest absolute Gasteiger partial charge is 0.394 e. The molecule has 3 rings (SSSR count). The summed E-state index contributed by atoms with van der Waals surface area (Å²) in [5.41, 5.74) is -0.518. The minimum absolute atomic E-state index is 0.156. The van der Waals surface area contributed by atoms with E-state index < -0.39 is 30.2 Å². The maximum absolute atomic E-state index is 10.8. The Morgan fingerprint density at radius 3 is 2.71 bits per heavy atom. The van der Waals surface area contributed by atoms with Crippen LogP contribution in [0.5, 0.6) is 0 Å². The highest BCUT2D eigenvalue weighted by Gasteiger charge is 2.64. The molecule has 0 aromatic carbocycles. The third-order valence-corrected chi connectivity index (χ3v) is 4.11. The van der Waals surface area contributed by atoms with Crippen LogP contribution < -0.4 is 0 Å². The van der Waals surface area contributed by atoms with Gasteiger partial charge in [0.05, 0.1) is 17.8 Å². The molecule has 2 aromatic heterocycles. The predicted octanol–water partition coefficient (Wildman–Crippen LogP) is -1.31. The van der Waals surface area contributed by atoms with Crippen molar-refractivity contribution in [2.24, 2.45) is 0 Å². The van der Waals surface area contributed by atoms with Crippen LogP contribution in [0.2, 0.25) is 0 Å². The first-order chi connectivity index (χ1) is 9.83. The van der Waals surface area contributed by atoms with Gasteiger partial charge in [-0.3, -0.25) is 0 Å². The van der Waals surface area contributed by atoms with Crippen LogP contribution in [0.25, 0.3) is 5.52 Å². The van der Waals surface area contributed by atoms with E-state index >= 15 is 0 Å². The monoisotopic (exact) mass is 295 g/mol. The molecule has 4 atom stereocenters. The fourth-order valence-corrected chi connectivity index (χ4v) is 2.74. The highest BCUT2D eigenvalue weighted by molar-refractivity contribution is 5.53. The minimum Gasteiger partial charge on any atom is -0.394 e. The van der Waals surface area contributed by atoms with E-state index in [0.717, 1.165) is 0 Å². The van der Waals surface area contributed by atoms with Crippen molar-refractivity contribution in [2.75, 3.05) is 6.61 Å². The lowest BCUT2D eigenvalue weighted by Crippen LogP contribution is -2.53. The summed E-state index contributed by atoms with van der Waals surface area (Å²) in [7, 11) is 0. The quantitative estimate of drug-likeness (QED) is 0.542. The van der Waals surface area contributed by atoms with Gasteiger partial charge >= 0.3 is 0 Å². The maximum atomic E-state index is 10.8. The molecule has 0 saturated carbocycles. The molecule has 114 valence electrons. The summed E-state index contributed by atoms with van der Waals surface area (Å²) in [5.74, 6) is -2.20. The average Bonchev–Trinajstić information content (AvgIpc) is 2.95. The van der Waals surface area contributed by atoms with Crippen molar-refractivity contribution in [3.8, 4) is 0 Å². The van der Waals surface area contributed by atoms with E-state index in [4.69, 9.17) is 4.74 Å². The predicted molar refractivity (Wildman–Crippen MR) is 70.2 cm³/mol. The molecule has 1 aliphatic heterocycles. The zero-order valence-electron chi connectivity index (χ0n) is 11.6. The van der Waals surface area contributed by atoms with Crippen molar-refractivity contribution in [2.45, 2.75) is 37.4 Å². The number of aliphatic hydroxyl groups excluding tert-OH is 2. The Morgan fingerprint density at radius 2 is 2.10 bits per heavy atom. The highest BCUT2D eigenvalue weighted by atomic mass is 16.7. The fourth-order valence-electron chi connectivity index (χ4n) is 2.74. The molecule has 0 aliphatic carbocycles. The van der Waals surface area contributed by atoms with E-state index in [-0.39, 0.29) is 5.69 Å². The molecule has 1 saturated heterocycles. The Bertz CT molecular complexity index is 685. The van der Waals surface area contributed by atoms with Crippen molar-refractivity contribution in [3.63, 3.8) is 0 Å². The molecule has 0 spiro atoms. The Balaban J connectivity index is 2.19. The highest BCUT2D eigenvalue weighted by Crippen LogP contribution is 2.45. The maximum Gasteiger partial charge on any atom is 0.242 e. The lowest BCUT2D eigenvalue weighted by molar-refractivity contribution is -0.275. The van der Waals surface area contributed by atoms with E-state index in [0.29, 0.717) is 11.2 Å². The van der Waals surface area contributed by atoms with Crippen molar-refractivity contribution >= 4 is 5.52 Å². The summed E-state index contributed by atoms with van der Waals surface area (Å²) in [6.07, 6.45) is -1.22. The standard InChI is InChI=1S/C13H17N3O5/c1-7-8-3-4-10(16(8)15-6-14-7)13(20)12(2,19)11(18)9(5-17)21-13/h3-4,6,9,11,17-20H,5H2,1-2H3/t9-,11-,12-,13?/m1/s1. The number of aryl methyl sites for hydroxylation is 1. The molecule has 0 bridgehead atoms. The van der Waals surface area contributed by atoms with Gasteiger partial charge in [0, 0.05) is 0 Å². The molecule has 1 fully saturated rings. The molecule has 4 N–H and O–H groups in total. The zero-order chi connectivity index (χ0) is 15.4. The van der Waals surface area contributed by atoms with Gasteiger partial charge in [0.15, 0.2) is 0 Å². The molecule has 8 nitrogen and oxygen atoms in total. The van der Waals surface area contributed by atoms with Crippen LogP contribution in [0.3, 0.4) is 0 Å². The molecule has 3 heterocycles. The molecule has 8 heteroatoms.